The highest BCUT2D eigenvalue weighted by molar-refractivity contribution is 7.10. The van der Waals surface area contributed by atoms with Crippen molar-refractivity contribution < 1.29 is 19.7 Å². The third-order valence-electron chi connectivity index (χ3n) is 5.26. The second kappa shape index (κ2) is 9.88. The zero-order valence-electron chi connectivity index (χ0n) is 16.2. The molecule has 2 atom stereocenters. The predicted molar refractivity (Wildman–Crippen MR) is 109 cm³/mol. The number of rotatable bonds is 9. The van der Waals surface area contributed by atoms with Gasteiger partial charge in [0.25, 0.3) is 0 Å². The molecule has 1 aromatic carbocycles. The first-order valence-electron chi connectivity index (χ1n) is 9.81. The van der Waals surface area contributed by atoms with E-state index in [2.05, 4.69) is 35.1 Å². The number of carbonyl (C=O) groups is 1. The fraction of sp³-hybridized carbons (Fsp3) is 0.476. The molecule has 2 heterocycles. The lowest BCUT2D eigenvalue weighted by molar-refractivity contribution is -0.935. The molecule has 0 aliphatic carbocycles. The quantitative estimate of drug-likeness (QED) is 0.608. The molecule has 0 saturated carbocycles. The number of hydrogen-bond acceptors (Lipinski definition) is 3. The smallest absolute Gasteiger partial charge is 0.230 e. The maximum Gasteiger partial charge on any atom is 0.230 e. The van der Waals surface area contributed by atoms with E-state index in [0.717, 1.165) is 18.0 Å². The Morgan fingerprint density at radius 3 is 2.81 bits per heavy atom. The molecule has 5 nitrogen and oxygen atoms in total. The Morgan fingerprint density at radius 2 is 2.11 bits per heavy atom. The molecule has 1 amide bonds. The van der Waals surface area contributed by atoms with Crippen molar-refractivity contribution in [3.8, 4) is 5.75 Å². The van der Waals surface area contributed by atoms with Gasteiger partial charge in [0.15, 0.2) is 6.04 Å². The highest BCUT2D eigenvalue weighted by Crippen LogP contribution is 2.17. The molecule has 6 heteroatoms. The number of thiophene rings is 1. The first kappa shape index (κ1) is 19.9. The average molecular weight is 390 g/mol. The molecule has 1 aliphatic rings. The number of amides is 1. The van der Waals surface area contributed by atoms with Gasteiger partial charge in [-0.1, -0.05) is 12.1 Å². The first-order valence-corrected chi connectivity index (χ1v) is 10.7. The van der Waals surface area contributed by atoms with Gasteiger partial charge in [0, 0.05) is 24.6 Å². The summed E-state index contributed by atoms with van der Waals surface area (Å²) >= 11 is 1.86. The number of carbonyl (C=O) groups excluding carboxylic acids is 1. The Kier molecular flexibility index (Phi) is 7.26. The molecule has 1 saturated heterocycles. The largest absolute Gasteiger partial charge is 0.497 e. The maximum atomic E-state index is 12.4. The van der Waals surface area contributed by atoms with Crippen LogP contribution in [0.4, 0.5) is 5.69 Å². The Morgan fingerprint density at radius 1 is 1.30 bits per heavy atom. The number of nitrogens with two attached hydrogens (primary N) is 1. The second-order valence-electron chi connectivity index (χ2n) is 7.37. The van der Waals surface area contributed by atoms with Crippen LogP contribution in [0.25, 0.3) is 0 Å². The number of likely N-dealkylation sites (tertiary alicyclic amines) is 1. The van der Waals surface area contributed by atoms with Crippen LogP contribution < -0.4 is 20.3 Å². The van der Waals surface area contributed by atoms with Crippen LogP contribution in [0.15, 0.2) is 41.8 Å². The molecule has 27 heavy (non-hydrogen) atoms. The van der Waals surface area contributed by atoms with Crippen molar-refractivity contribution in [1.29, 1.82) is 0 Å². The molecule has 1 aliphatic heterocycles. The van der Waals surface area contributed by atoms with E-state index >= 15 is 0 Å². The summed E-state index contributed by atoms with van der Waals surface area (Å²) in [5.74, 6) is 0.799. The van der Waals surface area contributed by atoms with E-state index in [1.807, 2.05) is 35.6 Å². The van der Waals surface area contributed by atoms with E-state index in [1.165, 1.54) is 30.8 Å². The van der Waals surface area contributed by atoms with E-state index in [1.54, 1.807) is 12.0 Å². The number of hydrogen-bond donors (Lipinski definition) is 3. The zero-order chi connectivity index (χ0) is 19.1. The molecule has 4 N–H and O–H groups in total. The molecule has 0 radical (unpaired) electrons. The van der Waals surface area contributed by atoms with Gasteiger partial charge in [0.1, 0.15) is 12.3 Å². The maximum absolute atomic E-state index is 12.4. The second-order valence-corrected chi connectivity index (χ2v) is 8.35. The van der Waals surface area contributed by atoms with Crippen LogP contribution in [0, 0.1) is 0 Å². The van der Waals surface area contributed by atoms with Gasteiger partial charge in [0.05, 0.1) is 37.5 Å². The first-order chi connectivity index (χ1) is 13.2. The van der Waals surface area contributed by atoms with Gasteiger partial charge in [-0.05, 0) is 30.5 Å². The summed E-state index contributed by atoms with van der Waals surface area (Å²) in [4.78, 5) is 15.5. The van der Waals surface area contributed by atoms with Crippen LogP contribution in [0.2, 0.25) is 0 Å². The molecule has 0 spiro atoms. The van der Waals surface area contributed by atoms with Crippen molar-refractivity contribution in [1.82, 2.24) is 0 Å². The van der Waals surface area contributed by atoms with Gasteiger partial charge in [-0.3, -0.25) is 4.79 Å². The highest BCUT2D eigenvalue weighted by atomic mass is 32.1. The van der Waals surface area contributed by atoms with Crippen LogP contribution in [-0.4, -0.2) is 38.7 Å². The van der Waals surface area contributed by atoms with Gasteiger partial charge in [-0.25, -0.2) is 0 Å². The molecule has 1 aromatic heterocycles. The van der Waals surface area contributed by atoms with Crippen LogP contribution >= 0.6 is 11.3 Å². The van der Waals surface area contributed by atoms with Crippen molar-refractivity contribution >= 4 is 22.9 Å². The number of methoxy groups -OCH3 is 1. The van der Waals surface area contributed by atoms with Gasteiger partial charge in [-0.2, -0.15) is 0 Å². The van der Waals surface area contributed by atoms with E-state index in [-0.39, 0.29) is 11.9 Å². The van der Waals surface area contributed by atoms with Gasteiger partial charge < -0.3 is 20.3 Å². The third-order valence-corrected chi connectivity index (χ3v) is 6.25. The van der Waals surface area contributed by atoms with Gasteiger partial charge in [0.2, 0.25) is 5.91 Å². The molecular weight excluding hydrogens is 358 g/mol. The van der Waals surface area contributed by atoms with E-state index in [9.17, 15) is 4.79 Å². The summed E-state index contributed by atoms with van der Waals surface area (Å²) in [5.41, 5.74) is 0.782. The lowest BCUT2D eigenvalue weighted by Gasteiger charge is -2.23. The molecule has 0 unspecified atom stereocenters. The van der Waals surface area contributed by atoms with Crippen molar-refractivity contribution in [3.05, 3.63) is 46.7 Å². The van der Waals surface area contributed by atoms with Crippen molar-refractivity contribution in [2.45, 2.75) is 38.3 Å². The van der Waals surface area contributed by atoms with Crippen LogP contribution in [0.1, 0.15) is 37.1 Å². The normalized spacial score (nSPS) is 16.8. The lowest BCUT2D eigenvalue weighted by Crippen LogP contribution is -3.13. The summed E-state index contributed by atoms with van der Waals surface area (Å²) in [7, 11) is 1.63. The molecule has 2 aromatic rings. The molecule has 0 bridgehead atoms. The molecule has 146 valence electrons. The van der Waals surface area contributed by atoms with Crippen molar-refractivity contribution in [2.24, 2.45) is 0 Å². The summed E-state index contributed by atoms with van der Waals surface area (Å²) in [6, 6.07) is 12.7. The van der Waals surface area contributed by atoms with Crippen LogP contribution in [-0.2, 0) is 4.79 Å². The molecular formula is C21H31N3O2S+2. The van der Waals surface area contributed by atoms with Crippen LogP contribution in [0.3, 0.4) is 0 Å². The SMILES string of the molecule is COc1cccc(NC(=O)C[C@@H](C)[NH2+]C[C@H](c2cccs2)[NH+]2CCCC2)c1. The minimum Gasteiger partial charge on any atom is -0.497 e. The molecule has 1 fully saturated rings. The summed E-state index contributed by atoms with van der Waals surface area (Å²) < 4.78 is 5.21. The predicted octanol–water partition coefficient (Wildman–Crippen LogP) is 1.46. The number of benzene rings is 1. The van der Waals surface area contributed by atoms with Crippen molar-refractivity contribution in [3.63, 3.8) is 0 Å². The minimum atomic E-state index is 0.0493. The Labute approximate surface area is 165 Å². The van der Waals surface area contributed by atoms with E-state index in [0.29, 0.717) is 12.5 Å². The summed E-state index contributed by atoms with van der Waals surface area (Å²) in [6.07, 6.45) is 3.16. The summed E-state index contributed by atoms with van der Waals surface area (Å²) in [5, 5.41) is 7.48. The monoisotopic (exact) mass is 389 g/mol. The van der Waals surface area contributed by atoms with Crippen LogP contribution in [0.5, 0.6) is 5.75 Å². The Bertz CT molecular complexity index is 714. The number of nitrogens with one attached hydrogen (secondary N) is 2. The van der Waals surface area contributed by atoms with Gasteiger partial charge >= 0.3 is 0 Å². The number of ether oxygens (including phenoxy) is 1. The summed E-state index contributed by atoms with van der Waals surface area (Å²) in [6.45, 7) is 5.70. The van der Waals surface area contributed by atoms with E-state index < -0.39 is 0 Å². The third kappa shape index (κ3) is 5.79. The fourth-order valence-corrected chi connectivity index (χ4v) is 4.71. The molecule has 3 rings (SSSR count). The zero-order valence-corrected chi connectivity index (χ0v) is 17.1. The minimum absolute atomic E-state index is 0.0493. The topological polar surface area (TPSA) is 59.4 Å². The fourth-order valence-electron chi connectivity index (χ4n) is 3.81. The number of quaternary nitrogens is 2. The van der Waals surface area contributed by atoms with Gasteiger partial charge in [-0.15, -0.1) is 11.3 Å². The lowest BCUT2D eigenvalue weighted by atomic mass is 10.1. The van der Waals surface area contributed by atoms with E-state index in [4.69, 9.17) is 4.74 Å². The number of anilines is 1. The Balaban J connectivity index is 1.50. The Hall–Kier alpha value is -1.89. The standard InChI is InChI=1S/C21H29N3O2S/c1-16(13-21(25)23-17-7-5-8-18(14-17)26-2)22-15-19(20-9-6-12-27-20)24-10-3-4-11-24/h5-9,12,14,16,19,22H,3-4,10-11,13,15H2,1-2H3,(H,23,25)/p+2/t16-,19-/m1/s1. The van der Waals surface area contributed by atoms with Crippen molar-refractivity contribution in [2.75, 3.05) is 32.1 Å². The average Bonchev–Trinajstić information content (AvgIpc) is 3.36. The highest BCUT2D eigenvalue weighted by Gasteiger charge is 2.30.